The summed E-state index contributed by atoms with van der Waals surface area (Å²) in [5.41, 5.74) is -1.61. The lowest BCUT2D eigenvalue weighted by Gasteiger charge is -2.37. The molecule has 0 aromatic carbocycles. The van der Waals surface area contributed by atoms with E-state index in [0.29, 0.717) is 12.8 Å². The second-order valence-corrected chi connectivity index (χ2v) is 10.4. The fourth-order valence-corrected chi connectivity index (χ4v) is 5.73. The number of amides is 3. The standard InChI is InChI=1S/C23H26F3N5O3/c24-23(25,26)17-3-2-15(29-17)20(34)31-12-21(4-1-5-21)10-16(31)19(33)28-14(11-27)8-13-9-22(6-7-22)30-18(13)32/h2-3,13-14,16,29H,1,4-10,12H2,(H,28,33)(H,30,32)/t13-,14+,16+/m1/s1. The molecule has 2 saturated carbocycles. The maximum Gasteiger partial charge on any atom is 0.431 e. The monoisotopic (exact) mass is 477 g/mol. The highest BCUT2D eigenvalue weighted by Crippen LogP contribution is 2.51. The van der Waals surface area contributed by atoms with E-state index in [1.807, 2.05) is 6.07 Å². The van der Waals surface area contributed by atoms with Gasteiger partial charge in [-0.3, -0.25) is 14.4 Å². The van der Waals surface area contributed by atoms with Gasteiger partial charge in [-0.1, -0.05) is 6.42 Å². The van der Waals surface area contributed by atoms with E-state index in [-0.39, 0.29) is 41.4 Å². The van der Waals surface area contributed by atoms with Crippen molar-refractivity contribution in [3.63, 3.8) is 0 Å². The summed E-state index contributed by atoms with van der Waals surface area (Å²) in [6.07, 6.45) is 1.12. The summed E-state index contributed by atoms with van der Waals surface area (Å²) < 4.78 is 38.9. The number of likely N-dealkylation sites (tertiary alicyclic amines) is 1. The van der Waals surface area contributed by atoms with Crippen LogP contribution >= 0.6 is 0 Å². The van der Waals surface area contributed by atoms with Crippen LogP contribution in [0.25, 0.3) is 0 Å². The molecule has 2 aliphatic heterocycles. The first-order valence-corrected chi connectivity index (χ1v) is 11.6. The Bertz CT molecular complexity index is 1070. The molecule has 0 bridgehead atoms. The molecule has 8 nitrogen and oxygen atoms in total. The van der Waals surface area contributed by atoms with Crippen LogP contribution in [0.3, 0.4) is 0 Å². The molecule has 182 valence electrons. The summed E-state index contributed by atoms with van der Waals surface area (Å²) in [6, 6.07) is 2.16. The predicted octanol–water partition coefficient (Wildman–Crippen LogP) is 2.49. The number of H-pyrrole nitrogens is 1. The van der Waals surface area contributed by atoms with Gasteiger partial charge in [-0.15, -0.1) is 0 Å². The molecule has 1 aromatic rings. The molecule has 2 saturated heterocycles. The van der Waals surface area contributed by atoms with Crippen molar-refractivity contribution in [1.82, 2.24) is 20.5 Å². The molecule has 0 unspecified atom stereocenters. The number of nitrogens with one attached hydrogen (secondary N) is 3. The molecule has 3 amide bonds. The second kappa shape index (κ2) is 7.75. The minimum atomic E-state index is -4.61. The molecule has 5 rings (SSSR count). The number of aromatic nitrogens is 1. The van der Waals surface area contributed by atoms with Gasteiger partial charge in [-0.2, -0.15) is 18.4 Å². The lowest BCUT2D eigenvalue weighted by Crippen LogP contribution is -2.49. The average molecular weight is 477 g/mol. The first-order chi connectivity index (χ1) is 16.0. The van der Waals surface area contributed by atoms with E-state index in [0.717, 1.165) is 44.2 Å². The Balaban J connectivity index is 1.29. The SMILES string of the molecule is N#C[C@H](C[C@@H]1CC2(CC2)NC1=O)NC(=O)[C@@H]1CC2(CCC2)CN1C(=O)c1ccc(C(F)(F)F)[nH]1. The Kier molecular flexibility index (Phi) is 5.18. The van der Waals surface area contributed by atoms with Crippen LogP contribution in [0.4, 0.5) is 13.2 Å². The molecule has 2 aliphatic carbocycles. The number of carbonyl (C=O) groups is 3. The number of hydrogen-bond acceptors (Lipinski definition) is 4. The van der Waals surface area contributed by atoms with E-state index >= 15 is 0 Å². The van der Waals surface area contributed by atoms with E-state index < -0.39 is 35.8 Å². The molecule has 11 heteroatoms. The summed E-state index contributed by atoms with van der Waals surface area (Å²) in [4.78, 5) is 42.0. The van der Waals surface area contributed by atoms with Crippen LogP contribution in [0, 0.1) is 22.7 Å². The largest absolute Gasteiger partial charge is 0.431 e. The number of nitrogens with zero attached hydrogens (tertiary/aromatic N) is 2. The molecular formula is C23H26F3N5O3. The van der Waals surface area contributed by atoms with Crippen LogP contribution in [-0.2, 0) is 15.8 Å². The van der Waals surface area contributed by atoms with E-state index in [1.165, 1.54) is 4.90 Å². The minimum Gasteiger partial charge on any atom is -0.350 e. The van der Waals surface area contributed by atoms with Gasteiger partial charge in [0.05, 0.1) is 6.07 Å². The molecule has 4 fully saturated rings. The van der Waals surface area contributed by atoms with Gasteiger partial charge in [-0.25, -0.2) is 0 Å². The Morgan fingerprint density at radius 3 is 2.50 bits per heavy atom. The maximum atomic E-state index is 13.2. The molecule has 3 atom stereocenters. The van der Waals surface area contributed by atoms with Gasteiger partial charge < -0.3 is 20.5 Å². The third-order valence-corrected chi connectivity index (χ3v) is 7.95. The Morgan fingerprint density at radius 2 is 1.97 bits per heavy atom. The van der Waals surface area contributed by atoms with Gasteiger partial charge in [0.1, 0.15) is 23.5 Å². The van der Waals surface area contributed by atoms with Crippen LogP contribution < -0.4 is 10.6 Å². The van der Waals surface area contributed by atoms with Gasteiger partial charge in [-0.05, 0) is 62.5 Å². The minimum absolute atomic E-state index is 0.106. The quantitative estimate of drug-likeness (QED) is 0.604. The van der Waals surface area contributed by atoms with Crippen molar-refractivity contribution < 1.29 is 27.6 Å². The first kappa shape index (κ1) is 22.7. The first-order valence-electron chi connectivity index (χ1n) is 11.6. The van der Waals surface area contributed by atoms with Crippen molar-refractivity contribution in [3.05, 3.63) is 23.5 Å². The zero-order valence-electron chi connectivity index (χ0n) is 18.5. The second-order valence-electron chi connectivity index (χ2n) is 10.4. The number of alkyl halides is 3. The summed E-state index contributed by atoms with van der Waals surface area (Å²) in [7, 11) is 0. The van der Waals surface area contributed by atoms with Gasteiger partial charge in [0.25, 0.3) is 5.91 Å². The van der Waals surface area contributed by atoms with Crippen LogP contribution in [0.15, 0.2) is 12.1 Å². The Morgan fingerprint density at radius 1 is 1.24 bits per heavy atom. The maximum absolute atomic E-state index is 13.2. The molecule has 3 N–H and O–H groups in total. The fraction of sp³-hybridized carbons (Fsp3) is 0.652. The van der Waals surface area contributed by atoms with E-state index in [9.17, 15) is 32.8 Å². The highest BCUT2D eigenvalue weighted by atomic mass is 19.4. The molecule has 4 aliphatic rings. The zero-order chi connectivity index (χ0) is 24.3. The highest BCUT2D eigenvalue weighted by Gasteiger charge is 2.54. The van der Waals surface area contributed by atoms with Gasteiger partial charge in [0.15, 0.2) is 0 Å². The number of halogens is 3. The summed E-state index contributed by atoms with van der Waals surface area (Å²) in [5.74, 6) is -1.64. The molecule has 3 heterocycles. The Labute approximate surface area is 194 Å². The molecule has 0 radical (unpaired) electrons. The zero-order valence-corrected chi connectivity index (χ0v) is 18.5. The Hall–Kier alpha value is -3.03. The molecule has 34 heavy (non-hydrogen) atoms. The predicted molar refractivity (Wildman–Crippen MR) is 112 cm³/mol. The topological polar surface area (TPSA) is 118 Å². The van der Waals surface area contributed by atoms with Crippen LogP contribution in [0.2, 0.25) is 0 Å². The van der Waals surface area contributed by atoms with Crippen LogP contribution in [-0.4, -0.2) is 51.8 Å². The molecular weight excluding hydrogens is 451 g/mol. The van der Waals surface area contributed by atoms with E-state index in [4.69, 9.17) is 0 Å². The van der Waals surface area contributed by atoms with Crippen molar-refractivity contribution in [2.75, 3.05) is 6.54 Å². The number of aromatic amines is 1. The van der Waals surface area contributed by atoms with Crippen molar-refractivity contribution in [3.8, 4) is 6.07 Å². The van der Waals surface area contributed by atoms with Gasteiger partial charge in [0, 0.05) is 18.0 Å². The van der Waals surface area contributed by atoms with Crippen LogP contribution in [0.1, 0.15) is 67.5 Å². The summed E-state index contributed by atoms with van der Waals surface area (Å²) >= 11 is 0. The number of carbonyl (C=O) groups excluding carboxylic acids is 3. The highest BCUT2D eigenvalue weighted by molar-refractivity contribution is 5.97. The lowest BCUT2D eigenvalue weighted by molar-refractivity contribution is -0.140. The average Bonchev–Trinajstić information content (AvgIpc) is 3.14. The summed E-state index contributed by atoms with van der Waals surface area (Å²) in [6.45, 7) is 0.287. The van der Waals surface area contributed by atoms with Crippen molar-refractivity contribution in [1.29, 1.82) is 5.26 Å². The van der Waals surface area contributed by atoms with E-state index in [2.05, 4.69) is 15.6 Å². The van der Waals surface area contributed by atoms with Crippen molar-refractivity contribution >= 4 is 17.7 Å². The van der Waals surface area contributed by atoms with Crippen molar-refractivity contribution in [2.45, 2.75) is 75.2 Å². The van der Waals surface area contributed by atoms with Crippen LogP contribution in [0.5, 0.6) is 0 Å². The third kappa shape index (κ3) is 4.03. The van der Waals surface area contributed by atoms with Crippen molar-refractivity contribution in [2.24, 2.45) is 11.3 Å². The normalized spacial score (nSPS) is 27.2. The molecule has 1 aromatic heterocycles. The smallest absolute Gasteiger partial charge is 0.350 e. The lowest BCUT2D eigenvalue weighted by atomic mass is 9.67. The number of rotatable bonds is 5. The number of nitriles is 1. The third-order valence-electron chi connectivity index (χ3n) is 7.95. The van der Waals surface area contributed by atoms with Gasteiger partial charge in [0.2, 0.25) is 11.8 Å². The fourth-order valence-electron chi connectivity index (χ4n) is 5.73. The molecule has 2 spiro atoms. The number of hydrogen-bond donors (Lipinski definition) is 3. The summed E-state index contributed by atoms with van der Waals surface area (Å²) in [5, 5.41) is 15.3. The van der Waals surface area contributed by atoms with Gasteiger partial charge >= 0.3 is 6.18 Å². The van der Waals surface area contributed by atoms with E-state index in [1.54, 1.807) is 0 Å².